The number of hydrogen-bond acceptors (Lipinski definition) is 6. The highest BCUT2D eigenvalue weighted by molar-refractivity contribution is 4.98. The summed E-state index contributed by atoms with van der Waals surface area (Å²) in [4.78, 5) is 0. The van der Waals surface area contributed by atoms with Crippen LogP contribution in [0.3, 0.4) is 0 Å². The fraction of sp³-hybridized carbons (Fsp3) is 0.800. The van der Waals surface area contributed by atoms with Crippen LogP contribution in [0.25, 0.3) is 0 Å². The molecule has 222 valence electrons. The highest BCUT2D eigenvalue weighted by Gasteiger charge is 2.06. The van der Waals surface area contributed by atoms with E-state index in [9.17, 15) is 0 Å². The molecule has 3 aromatic heterocycles. The lowest BCUT2D eigenvalue weighted by Crippen LogP contribution is -2.04. The normalized spacial score (nSPS) is 11.5. The summed E-state index contributed by atoms with van der Waals surface area (Å²) in [6.07, 6.45) is 10.6. The van der Waals surface area contributed by atoms with Crippen molar-refractivity contribution in [3.8, 4) is 0 Å². The van der Waals surface area contributed by atoms with Crippen LogP contribution in [0.4, 0.5) is 0 Å². The van der Waals surface area contributed by atoms with Crippen LogP contribution in [0.15, 0.2) is 18.6 Å². The van der Waals surface area contributed by atoms with Crippen LogP contribution in [-0.4, -0.2) is 45.0 Å². The average Bonchev–Trinajstić information content (AvgIpc) is 3.58. The molecule has 3 aromatic rings. The molecule has 0 unspecified atom stereocenters. The molecule has 0 bridgehead atoms. The Hall–Kier alpha value is -2.58. The van der Waals surface area contributed by atoms with E-state index in [1.807, 2.05) is 26.4 Å². The first-order chi connectivity index (χ1) is 18.3. The number of aromatic nitrogens is 9. The molecule has 0 N–H and O–H groups in total. The number of rotatable bonds is 12. The van der Waals surface area contributed by atoms with E-state index in [1.165, 1.54) is 12.8 Å². The summed E-state index contributed by atoms with van der Waals surface area (Å²) in [7, 11) is 0. The smallest absolute Gasteiger partial charge is 0.0852 e. The molecule has 3 heterocycles. The van der Waals surface area contributed by atoms with Crippen molar-refractivity contribution in [1.29, 1.82) is 0 Å². The molecule has 0 spiro atoms. The molecule has 9 nitrogen and oxygen atoms in total. The van der Waals surface area contributed by atoms with E-state index < -0.39 is 0 Å². The van der Waals surface area contributed by atoms with Crippen molar-refractivity contribution in [2.24, 2.45) is 23.7 Å². The summed E-state index contributed by atoms with van der Waals surface area (Å²) in [5.41, 5.74) is 3.31. The molecule has 39 heavy (non-hydrogen) atoms. The summed E-state index contributed by atoms with van der Waals surface area (Å²) in [5.74, 6) is 3.24. The van der Waals surface area contributed by atoms with Crippen molar-refractivity contribution in [3.05, 3.63) is 35.7 Å². The van der Waals surface area contributed by atoms with E-state index in [4.69, 9.17) is 0 Å². The zero-order chi connectivity index (χ0) is 29.5. The van der Waals surface area contributed by atoms with Crippen molar-refractivity contribution in [1.82, 2.24) is 45.0 Å². The third-order valence-electron chi connectivity index (χ3n) is 5.90. The highest BCUT2D eigenvalue weighted by atomic mass is 15.4. The Morgan fingerprint density at radius 1 is 0.590 bits per heavy atom. The Kier molecular flexibility index (Phi) is 15.8. The van der Waals surface area contributed by atoms with Crippen molar-refractivity contribution >= 4 is 0 Å². The van der Waals surface area contributed by atoms with E-state index in [-0.39, 0.29) is 0 Å². The molecule has 0 aliphatic rings. The van der Waals surface area contributed by atoms with Crippen LogP contribution >= 0.6 is 0 Å². The van der Waals surface area contributed by atoms with Crippen LogP contribution in [0.5, 0.6) is 0 Å². The van der Waals surface area contributed by atoms with Crippen molar-refractivity contribution in [2.45, 2.75) is 134 Å². The SMILES string of the molecule is CC(C)CCc1cn(C(C)C)nn1.CC(C)CCn1cc(C(C)C)nn1.CC(C)Cc1cn(CC(C)C)nn1. The van der Waals surface area contributed by atoms with Crippen molar-refractivity contribution in [3.63, 3.8) is 0 Å². The summed E-state index contributed by atoms with van der Waals surface area (Å²) in [6, 6.07) is 0.417. The second-order valence-corrected chi connectivity index (χ2v) is 12.9. The summed E-state index contributed by atoms with van der Waals surface area (Å²) in [6.45, 7) is 28.1. The minimum atomic E-state index is 0.417. The fourth-order valence-electron chi connectivity index (χ4n) is 3.51. The number of nitrogens with zero attached hydrogens (tertiary/aromatic N) is 9. The first kappa shape index (κ1) is 34.4. The monoisotopic (exact) mass is 543 g/mol. The predicted molar refractivity (Wildman–Crippen MR) is 161 cm³/mol. The molecule has 0 saturated carbocycles. The second kappa shape index (κ2) is 17.9. The van der Waals surface area contributed by atoms with Gasteiger partial charge in [0, 0.05) is 37.7 Å². The van der Waals surface area contributed by atoms with Crippen molar-refractivity contribution < 1.29 is 0 Å². The molecular weight excluding hydrogens is 486 g/mol. The Bertz CT molecular complexity index is 930. The zero-order valence-corrected chi connectivity index (χ0v) is 27.0. The highest BCUT2D eigenvalue weighted by Crippen LogP contribution is 2.11. The maximum absolute atomic E-state index is 4.12. The number of aryl methyl sites for hydroxylation is 2. The van der Waals surface area contributed by atoms with Gasteiger partial charge in [0.05, 0.1) is 17.1 Å². The second-order valence-electron chi connectivity index (χ2n) is 12.9. The first-order valence-electron chi connectivity index (χ1n) is 15.0. The molecule has 0 aromatic carbocycles. The fourth-order valence-corrected chi connectivity index (χ4v) is 3.51. The van der Waals surface area contributed by atoms with Gasteiger partial charge in [-0.15, -0.1) is 15.3 Å². The van der Waals surface area contributed by atoms with Gasteiger partial charge < -0.3 is 0 Å². The van der Waals surface area contributed by atoms with Crippen LogP contribution in [0, 0.1) is 23.7 Å². The van der Waals surface area contributed by atoms with Crippen LogP contribution in [0.1, 0.15) is 125 Å². The van der Waals surface area contributed by atoms with Gasteiger partial charge in [-0.05, 0) is 69.1 Å². The van der Waals surface area contributed by atoms with Gasteiger partial charge in [0.1, 0.15) is 0 Å². The standard InChI is InChI=1S/3C10H19N3/c1-8(2)5-10-7-13(12-11-10)6-9(3)4;1-8(2)5-6-13-7-10(9(3)4)11-12-13;1-8(2)5-6-10-7-13(9(3)4)12-11-10/h3*7-9H,5-6H2,1-4H3. The maximum atomic E-state index is 4.12. The maximum Gasteiger partial charge on any atom is 0.0852 e. The Balaban J connectivity index is 0.000000292. The van der Waals surface area contributed by atoms with Gasteiger partial charge in [-0.2, -0.15) is 0 Å². The van der Waals surface area contributed by atoms with Gasteiger partial charge in [0.25, 0.3) is 0 Å². The summed E-state index contributed by atoms with van der Waals surface area (Å²) in [5, 5.41) is 24.6. The molecule has 0 radical (unpaired) electrons. The molecule has 0 atom stereocenters. The lowest BCUT2D eigenvalue weighted by Gasteiger charge is -2.02. The first-order valence-corrected chi connectivity index (χ1v) is 15.0. The van der Waals surface area contributed by atoms with Gasteiger partial charge in [0.15, 0.2) is 0 Å². The summed E-state index contributed by atoms with van der Waals surface area (Å²) >= 11 is 0. The lowest BCUT2D eigenvalue weighted by molar-refractivity contribution is 0.472. The Morgan fingerprint density at radius 3 is 1.69 bits per heavy atom. The molecule has 0 aliphatic heterocycles. The van der Waals surface area contributed by atoms with Gasteiger partial charge in [-0.25, -0.2) is 4.68 Å². The van der Waals surface area contributed by atoms with E-state index >= 15 is 0 Å². The molecule has 0 aliphatic carbocycles. The largest absolute Gasteiger partial charge is 0.252 e. The Labute approximate surface area is 238 Å². The molecule has 0 saturated heterocycles. The molecule has 0 amide bonds. The minimum Gasteiger partial charge on any atom is -0.252 e. The Morgan fingerprint density at radius 2 is 1.21 bits per heavy atom. The van der Waals surface area contributed by atoms with Gasteiger partial charge in [-0.1, -0.05) is 84.9 Å². The van der Waals surface area contributed by atoms with Crippen LogP contribution in [-0.2, 0) is 25.9 Å². The number of hydrogen-bond donors (Lipinski definition) is 0. The van der Waals surface area contributed by atoms with E-state index in [0.717, 1.165) is 54.8 Å². The molecular formula is C30H57N9. The molecule has 3 rings (SSSR count). The van der Waals surface area contributed by atoms with Crippen LogP contribution in [0.2, 0.25) is 0 Å². The van der Waals surface area contributed by atoms with Crippen LogP contribution < -0.4 is 0 Å². The minimum absolute atomic E-state index is 0.417. The average molecular weight is 544 g/mol. The summed E-state index contributed by atoms with van der Waals surface area (Å²) < 4.78 is 5.79. The third kappa shape index (κ3) is 15.6. The third-order valence-corrected chi connectivity index (χ3v) is 5.90. The van der Waals surface area contributed by atoms with E-state index in [0.29, 0.717) is 23.8 Å². The lowest BCUT2D eigenvalue weighted by atomic mass is 10.1. The van der Waals surface area contributed by atoms with E-state index in [1.54, 1.807) is 0 Å². The predicted octanol–water partition coefficient (Wildman–Crippen LogP) is 7.03. The van der Waals surface area contributed by atoms with Crippen molar-refractivity contribution in [2.75, 3.05) is 0 Å². The van der Waals surface area contributed by atoms with Gasteiger partial charge in [0.2, 0.25) is 0 Å². The van der Waals surface area contributed by atoms with Gasteiger partial charge in [-0.3, -0.25) is 9.36 Å². The topological polar surface area (TPSA) is 92.1 Å². The quantitative estimate of drug-likeness (QED) is 0.243. The van der Waals surface area contributed by atoms with Gasteiger partial charge >= 0.3 is 0 Å². The van der Waals surface area contributed by atoms with E-state index in [2.05, 4.69) is 120 Å². The molecule has 9 heteroatoms. The molecule has 0 fully saturated rings. The zero-order valence-electron chi connectivity index (χ0n) is 27.0.